The standard InChI is InChI=1S/C12H15NO/c1-2-10-6-7-12(13-10)9-4-3-5-11(14)8-9/h2-5,8,10,12-14H,1,6-7H2/t10-,12-/m1/s1. The number of nitrogens with one attached hydrogen (secondary N) is 1. The van der Waals surface area contributed by atoms with E-state index in [1.54, 1.807) is 6.07 Å². The molecule has 14 heavy (non-hydrogen) atoms. The van der Waals surface area contributed by atoms with Crippen molar-refractivity contribution in [1.29, 1.82) is 0 Å². The summed E-state index contributed by atoms with van der Waals surface area (Å²) in [5, 5.41) is 12.8. The Hall–Kier alpha value is -1.28. The highest BCUT2D eigenvalue weighted by Crippen LogP contribution is 2.28. The van der Waals surface area contributed by atoms with Crippen LogP contribution in [0.2, 0.25) is 0 Å². The molecule has 2 atom stereocenters. The highest BCUT2D eigenvalue weighted by atomic mass is 16.3. The third kappa shape index (κ3) is 1.80. The minimum atomic E-state index is 0.339. The van der Waals surface area contributed by atoms with Crippen LogP contribution in [0, 0.1) is 0 Å². The van der Waals surface area contributed by atoms with Crippen molar-refractivity contribution >= 4 is 0 Å². The first-order valence-electron chi connectivity index (χ1n) is 4.97. The van der Waals surface area contributed by atoms with Gasteiger partial charge in [-0.25, -0.2) is 0 Å². The fraction of sp³-hybridized carbons (Fsp3) is 0.333. The highest BCUT2D eigenvalue weighted by Gasteiger charge is 2.22. The number of aromatic hydroxyl groups is 1. The van der Waals surface area contributed by atoms with E-state index in [2.05, 4.69) is 11.9 Å². The molecule has 0 radical (unpaired) electrons. The second kappa shape index (κ2) is 3.84. The van der Waals surface area contributed by atoms with Gasteiger partial charge in [-0.15, -0.1) is 6.58 Å². The third-order valence-corrected chi connectivity index (χ3v) is 2.74. The molecule has 1 saturated heterocycles. The Morgan fingerprint density at radius 3 is 2.93 bits per heavy atom. The Morgan fingerprint density at radius 2 is 2.29 bits per heavy atom. The van der Waals surface area contributed by atoms with E-state index >= 15 is 0 Å². The molecule has 0 unspecified atom stereocenters. The van der Waals surface area contributed by atoms with Crippen LogP contribution in [-0.4, -0.2) is 11.1 Å². The minimum absolute atomic E-state index is 0.339. The fourth-order valence-corrected chi connectivity index (χ4v) is 1.96. The van der Waals surface area contributed by atoms with Crippen LogP contribution < -0.4 is 5.32 Å². The van der Waals surface area contributed by atoms with Crippen LogP contribution >= 0.6 is 0 Å². The van der Waals surface area contributed by atoms with Crippen molar-refractivity contribution < 1.29 is 5.11 Å². The zero-order valence-corrected chi connectivity index (χ0v) is 8.11. The Balaban J connectivity index is 2.13. The monoisotopic (exact) mass is 189 g/mol. The van der Waals surface area contributed by atoms with Crippen LogP contribution in [0.25, 0.3) is 0 Å². The lowest BCUT2D eigenvalue weighted by Crippen LogP contribution is -2.21. The van der Waals surface area contributed by atoms with Gasteiger partial charge in [0.15, 0.2) is 0 Å². The zero-order chi connectivity index (χ0) is 9.97. The average molecular weight is 189 g/mol. The fourth-order valence-electron chi connectivity index (χ4n) is 1.96. The summed E-state index contributed by atoms with van der Waals surface area (Å²) in [7, 11) is 0. The van der Waals surface area contributed by atoms with Crippen molar-refractivity contribution in [3.05, 3.63) is 42.5 Å². The molecule has 0 bridgehead atoms. The van der Waals surface area contributed by atoms with Gasteiger partial charge in [0, 0.05) is 12.1 Å². The maximum absolute atomic E-state index is 9.35. The SMILES string of the molecule is C=C[C@@H]1CC[C@H](c2cccc(O)c2)N1. The summed E-state index contributed by atoms with van der Waals surface area (Å²) in [6.45, 7) is 3.78. The molecule has 2 N–H and O–H groups in total. The molecule has 0 amide bonds. The van der Waals surface area contributed by atoms with Crippen molar-refractivity contribution in [3.8, 4) is 5.75 Å². The van der Waals surface area contributed by atoms with Crippen LogP contribution in [-0.2, 0) is 0 Å². The summed E-state index contributed by atoms with van der Waals surface area (Å²) in [6, 6.07) is 8.23. The number of benzene rings is 1. The van der Waals surface area contributed by atoms with Crippen LogP contribution in [0.4, 0.5) is 0 Å². The number of rotatable bonds is 2. The maximum atomic E-state index is 9.35. The van der Waals surface area contributed by atoms with Crippen LogP contribution in [0.3, 0.4) is 0 Å². The average Bonchev–Trinajstić information content (AvgIpc) is 2.66. The molecule has 1 heterocycles. The van der Waals surface area contributed by atoms with Crippen molar-refractivity contribution in [2.75, 3.05) is 0 Å². The molecule has 2 nitrogen and oxygen atoms in total. The van der Waals surface area contributed by atoms with E-state index in [1.807, 2.05) is 24.3 Å². The van der Waals surface area contributed by atoms with E-state index in [4.69, 9.17) is 0 Å². The number of phenols is 1. The van der Waals surface area contributed by atoms with Crippen molar-refractivity contribution in [2.24, 2.45) is 0 Å². The first kappa shape index (κ1) is 9.28. The largest absolute Gasteiger partial charge is 0.508 e. The molecule has 0 aromatic heterocycles. The minimum Gasteiger partial charge on any atom is -0.508 e. The molecule has 0 saturated carbocycles. The molecule has 0 aliphatic carbocycles. The molecule has 1 aliphatic rings. The van der Waals surface area contributed by atoms with Gasteiger partial charge in [0.25, 0.3) is 0 Å². The summed E-state index contributed by atoms with van der Waals surface area (Å²) >= 11 is 0. The van der Waals surface area contributed by atoms with E-state index < -0.39 is 0 Å². The van der Waals surface area contributed by atoms with E-state index in [-0.39, 0.29) is 0 Å². The summed E-state index contributed by atoms with van der Waals surface area (Å²) in [5.41, 5.74) is 1.16. The molecule has 2 rings (SSSR count). The molecule has 1 fully saturated rings. The molecule has 1 aromatic carbocycles. The van der Waals surface area contributed by atoms with Crippen LogP contribution in [0.15, 0.2) is 36.9 Å². The molecular weight excluding hydrogens is 174 g/mol. The lowest BCUT2D eigenvalue weighted by atomic mass is 10.1. The van der Waals surface area contributed by atoms with Gasteiger partial charge in [0.1, 0.15) is 5.75 Å². The molecule has 1 aliphatic heterocycles. The van der Waals surface area contributed by atoms with Gasteiger partial charge in [0.2, 0.25) is 0 Å². The maximum Gasteiger partial charge on any atom is 0.115 e. The molecule has 2 heteroatoms. The van der Waals surface area contributed by atoms with Gasteiger partial charge in [0.05, 0.1) is 0 Å². The number of phenolic OH excluding ortho intramolecular Hbond substituents is 1. The van der Waals surface area contributed by atoms with E-state index in [0.717, 1.165) is 18.4 Å². The van der Waals surface area contributed by atoms with Gasteiger partial charge in [-0.05, 0) is 30.5 Å². The quantitative estimate of drug-likeness (QED) is 0.700. The molecular formula is C12H15NO. The highest BCUT2D eigenvalue weighted by molar-refractivity contribution is 5.30. The Kier molecular flexibility index (Phi) is 2.55. The second-order valence-electron chi connectivity index (χ2n) is 3.73. The lowest BCUT2D eigenvalue weighted by molar-refractivity contribution is 0.472. The van der Waals surface area contributed by atoms with Crippen LogP contribution in [0.5, 0.6) is 5.75 Å². The Labute approximate surface area is 84.3 Å². The van der Waals surface area contributed by atoms with Crippen LogP contribution in [0.1, 0.15) is 24.4 Å². The predicted octanol–water partition coefficient (Wildman–Crippen LogP) is 2.37. The van der Waals surface area contributed by atoms with Crippen molar-refractivity contribution in [2.45, 2.75) is 24.9 Å². The summed E-state index contributed by atoms with van der Waals surface area (Å²) in [5.74, 6) is 0.339. The predicted molar refractivity (Wildman–Crippen MR) is 57.2 cm³/mol. The first-order chi connectivity index (χ1) is 6.79. The van der Waals surface area contributed by atoms with E-state index in [1.165, 1.54) is 0 Å². The Bertz CT molecular complexity index is 335. The molecule has 74 valence electrons. The van der Waals surface area contributed by atoms with Crippen molar-refractivity contribution in [3.63, 3.8) is 0 Å². The normalized spacial score (nSPS) is 26.3. The lowest BCUT2D eigenvalue weighted by Gasteiger charge is -2.12. The van der Waals surface area contributed by atoms with Gasteiger partial charge in [-0.3, -0.25) is 0 Å². The van der Waals surface area contributed by atoms with Gasteiger partial charge in [-0.2, -0.15) is 0 Å². The van der Waals surface area contributed by atoms with Gasteiger partial charge >= 0.3 is 0 Å². The van der Waals surface area contributed by atoms with E-state index in [0.29, 0.717) is 17.8 Å². The summed E-state index contributed by atoms with van der Waals surface area (Å²) in [4.78, 5) is 0. The topological polar surface area (TPSA) is 32.3 Å². The first-order valence-corrected chi connectivity index (χ1v) is 4.97. The third-order valence-electron chi connectivity index (χ3n) is 2.74. The molecule has 0 spiro atoms. The van der Waals surface area contributed by atoms with Crippen molar-refractivity contribution in [1.82, 2.24) is 5.32 Å². The second-order valence-corrected chi connectivity index (χ2v) is 3.73. The molecule has 1 aromatic rings. The smallest absolute Gasteiger partial charge is 0.115 e. The number of hydrogen-bond donors (Lipinski definition) is 2. The Morgan fingerprint density at radius 1 is 1.43 bits per heavy atom. The summed E-state index contributed by atoms with van der Waals surface area (Å²) in [6.07, 6.45) is 4.19. The number of hydrogen-bond acceptors (Lipinski definition) is 2. The van der Waals surface area contributed by atoms with Gasteiger partial charge in [-0.1, -0.05) is 18.2 Å². The summed E-state index contributed by atoms with van der Waals surface area (Å²) < 4.78 is 0. The van der Waals surface area contributed by atoms with Gasteiger partial charge < -0.3 is 10.4 Å². The zero-order valence-electron chi connectivity index (χ0n) is 8.11. The van der Waals surface area contributed by atoms with E-state index in [9.17, 15) is 5.11 Å².